The van der Waals surface area contributed by atoms with Gasteiger partial charge in [0.25, 0.3) is 0 Å². The second-order valence-corrected chi connectivity index (χ2v) is 6.37. The highest BCUT2D eigenvalue weighted by atomic mass is 16.5. The summed E-state index contributed by atoms with van der Waals surface area (Å²) in [5, 5.41) is 10.2. The average Bonchev–Trinajstić information content (AvgIpc) is 2.64. The second-order valence-electron chi connectivity index (χ2n) is 6.37. The summed E-state index contributed by atoms with van der Waals surface area (Å²) in [4.78, 5) is 39.2. The number of phenolic OH excluding ortho intramolecular Hbond substituents is 1. The van der Waals surface area contributed by atoms with Gasteiger partial charge in [0.15, 0.2) is 16.8 Å². The van der Waals surface area contributed by atoms with Crippen LogP contribution in [0.4, 0.5) is 0 Å². The van der Waals surface area contributed by atoms with Crippen LogP contribution in [0.2, 0.25) is 0 Å². The van der Waals surface area contributed by atoms with Gasteiger partial charge in [-0.1, -0.05) is 0 Å². The van der Waals surface area contributed by atoms with Crippen LogP contribution in [-0.2, 0) is 16.0 Å². The first-order chi connectivity index (χ1) is 12.8. The van der Waals surface area contributed by atoms with E-state index in [1.807, 2.05) is 0 Å². The molecule has 144 valence electrons. The summed E-state index contributed by atoms with van der Waals surface area (Å²) in [6.45, 7) is 4.71. The van der Waals surface area contributed by atoms with Crippen molar-refractivity contribution in [3.63, 3.8) is 0 Å². The smallest absolute Gasteiger partial charge is 0.227 e. The van der Waals surface area contributed by atoms with Gasteiger partial charge in [0.1, 0.15) is 28.2 Å². The quantitative estimate of drug-likeness (QED) is 0.806. The lowest BCUT2D eigenvalue weighted by atomic mass is 10.0. The van der Waals surface area contributed by atoms with Crippen LogP contribution in [-0.4, -0.2) is 55.1 Å². The Bertz CT molecular complexity index is 970. The SMILES string of the molecule is COc1cc(O)c(C(C)=O)c2oc(C)c(CC(=O)N3CCOCC3)c(=O)c12. The highest BCUT2D eigenvalue weighted by Gasteiger charge is 2.25. The number of aryl methyl sites for hydroxylation is 1. The fraction of sp³-hybridized carbons (Fsp3) is 0.421. The minimum absolute atomic E-state index is 0.0376. The number of amides is 1. The molecular formula is C19H21NO7. The van der Waals surface area contributed by atoms with Crippen LogP contribution in [0.25, 0.3) is 11.0 Å². The molecule has 0 unspecified atom stereocenters. The monoisotopic (exact) mass is 375 g/mol. The Labute approximate surface area is 155 Å². The molecule has 1 aliphatic heterocycles. The van der Waals surface area contributed by atoms with Gasteiger partial charge >= 0.3 is 0 Å². The molecule has 8 heteroatoms. The Hall–Kier alpha value is -2.87. The molecule has 1 aromatic heterocycles. The van der Waals surface area contributed by atoms with E-state index >= 15 is 0 Å². The van der Waals surface area contributed by atoms with Crippen molar-refractivity contribution in [1.82, 2.24) is 4.90 Å². The van der Waals surface area contributed by atoms with Crippen LogP contribution < -0.4 is 10.2 Å². The fourth-order valence-corrected chi connectivity index (χ4v) is 3.25. The Balaban J connectivity index is 2.15. The average molecular weight is 375 g/mol. The zero-order valence-corrected chi connectivity index (χ0v) is 15.5. The van der Waals surface area contributed by atoms with Gasteiger partial charge in [-0.3, -0.25) is 14.4 Å². The predicted molar refractivity (Wildman–Crippen MR) is 96.5 cm³/mol. The number of ketones is 1. The van der Waals surface area contributed by atoms with E-state index in [1.54, 1.807) is 11.8 Å². The topological polar surface area (TPSA) is 106 Å². The lowest BCUT2D eigenvalue weighted by molar-refractivity contribution is -0.134. The third-order valence-corrected chi connectivity index (χ3v) is 4.67. The number of carbonyl (C=O) groups is 2. The van der Waals surface area contributed by atoms with Crippen molar-refractivity contribution < 1.29 is 28.6 Å². The van der Waals surface area contributed by atoms with E-state index in [-0.39, 0.29) is 51.7 Å². The van der Waals surface area contributed by atoms with E-state index < -0.39 is 11.2 Å². The number of nitrogens with zero attached hydrogens (tertiary/aromatic N) is 1. The Morgan fingerprint density at radius 3 is 2.56 bits per heavy atom. The summed E-state index contributed by atoms with van der Waals surface area (Å²) in [5.74, 6) is -0.658. The van der Waals surface area contributed by atoms with Gasteiger partial charge in [0.2, 0.25) is 5.91 Å². The first-order valence-electron chi connectivity index (χ1n) is 8.57. The maximum absolute atomic E-state index is 13.1. The van der Waals surface area contributed by atoms with Crippen molar-refractivity contribution in [3.05, 3.63) is 33.2 Å². The molecule has 1 saturated heterocycles. The van der Waals surface area contributed by atoms with Crippen LogP contribution in [0.15, 0.2) is 15.3 Å². The number of hydrogen-bond acceptors (Lipinski definition) is 7. The lowest BCUT2D eigenvalue weighted by Gasteiger charge is -2.27. The lowest BCUT2D eigenvalue weighted by Crippen LogP contribution is -2.42. The highest BCUT2D eigenvalue weighted by Crippen LogP contribution is 2.35. The molecule has 0 aliphatic carbocycles. The van der Waals surface area contributed by atoms with Gasteiger partial charge in [0.05, 0.1) is 26.7 Å². The van der Waals surface area contributed by atoms with Gasteiger partial charge < -0.3 is 23.9 Å². The van der Waals surface area contributed by atoms with Crippen molar-refractivity contribution in [1.29, 1.82) is 0 Å². The molecule has 2 heterocycles. The van der Waals surface area contributed by atoms with Crippen LogP contribution in [0, 0.1) is 6.92 Å². The van der Waals surface area contributed by atoms with Gasteiger partial charge in [-0.25, -0.2) is 0 Å². The number of Topliss-reactive ketones (excluding diaryl/α,β-unsaturated/α-hetero) is 1. The molecule has 1 fully saturated rings. The zero-order chi connectivity index (χ0) is 19.7. The van der Waals surface area contributed by atoms with Gasteiger partial charge in [0, 0.05) is 24.7 Å². The molecule has 0 bridgehead atoms. The highest BCUT2D eigenvalue weighted by molar-refractivity contribution is 6.08. The third kappa shape index (κ3) is 3.40. The van der Waals surface area contributed by atoms with Gasteiger partial charge in [-0.15, -0.1) is 0 Å². The summed E-state index contributed by atoms with van der Waals surface area (Å²) in [6, 6.07) is 1.21. The molecule has 1 aliphatic rings. The van der Waals surface area contributed by atoms with Crippen molar-refractivity contribution in [2.75, 3.05) is 33.4 Å². The van der Waals surface area contributed by atoms with E-state index in [9.17, 15) is 19.5 Å². The molecule has 2 aromatic rings. The van der Waals surface area contributed by atoms with Gasteiger partial charge in [-0.2, -0.15) is 0 Å². The number of fused-ring (bicyclic) bond motifs is 1. The van der Waals surface area contributed by atoms with Crippen molar-refractivity contribution in [3.8, 4) is 11.5 Å². The minimum Gasteiger partial charge on any atom is -0.507 e. The predicted octanol–water partition coefficient (Wildman–Crippen LogP) is 1.42. The normalized spacial score (nSPS) is 14.4. The Morgan fingerprint density at radius 1 is 1.30 bits per heavy atom. The summed E-state index contributed by atoms with van der Waals surface area (Å²) in [5.41, 5.74) is -0.367. The first kappa shape index (κ1) is 18.9. The molecule has 27 heavy (non-hydrogen) atoms. The van der Waals surface area contributed by atoms with Crippen LogP contribution in [0.5, 0.6) is 11.5 Å². The summed E-state index contributed by atoms with van der Waals surface area (Å²) >= 11 is 0. The summed E-state index contributed by atoms with van der Waals surface area (Å²) in [7, 11) is 1.35. The Kier molecular flexibility index (Phi) is 5.18. The van der Waals surface area contributed by atoms with Crippen molar-refractivity contribution >= 4 is 22.7 Å². The molecule has 0 atom stereocenters. The van der Waals surface area contributed by atoms with E-state index in [0.29, 0.717) is 26.3 Å². The van der Waals surface area contributed by atoms with E-state index in [0.717, 1.165) is 0 Å². The molecule has 1 aromatic carbocycles. The third-order valence-electron chi connectivity index (χ3n) is 4.67. The number of benzene rings is 1. The number of rotatable bonds is 4. The minimum atomic E-state index is -0.449. The molecule has 1 N–H and O–H groups in total. The summed E-state index contributed by atoms with van der Waals surface area (Å²) in [6.07, 6.45) is -0.121. The molecule has 3 rings (SSSR count). The molecule has 8 nitrogen and oxygen atoms in total. The number of methoxy groups -OCH3 is 1. The molecule has 0 saturated carbocycles. The first-order valence-corrected chi connectivity index (χ1v) is 8.57. The molecular weight excluding hydrogens is 354 g/mol. The van der Waals surface area contributed by atoms with Crippen molar-refractivity contribution in [2.24, 2.45) is 0 Å². The van der Waals surface area contributed by atoms with Gasteiger partial charge in [-0.05, 0) is 13.8 Å². The van der Waals surface area contributed by atoms with E-state index in [4.69, 9.17) is 13.9 Å². The Morgan fingerprint density at radius 2 is 1.96 bits per heavy atom. The molecule has 0 radical (unpaired) electrons. The number of ether oxygens (including phenoxy) is 2. The van der Waals surface area contributed by atoms with E-state index in [2.05, 4.69) is 0 Å². The number of morpholine rings is 1. The zero-order valence-electron chi connectivity index (χ0n) is 15.5. The van der Waals surface area contributed by atoms with Crippen LogP contribution in [0.1, 0.15) is 28.6 Å². The standard InChI is InChI=1S/C19H21NO7/c1-10(21)16-13(22)9-14(25-3)17-18(24)12(11(2)27-19(16)17)8-15(23)20-4-6-26-7-5-20/h9,22H,4-8H2,1-3H3. The maximum atomic E-state index is 13.1. The number of hydrogen-bond donors (Lipinski definition) is 1. The fourth-order valence-electron chi connectivity index (χ4n) is 3.25. The van der Waals surface area contributed by atoms with E-state index in [1.165, 1.54) is 20.1 Å². The number of carbonyl (C=O) groups excluding carboxylic acids is 2. The number of phenols is 1. The van der Waals surface area contributed by atoms with Crippen LogP contribution >= 0.6 is 0 Å². The maximum Gasteiger partial charge on any atom is 0.227 e. The number of aromatic hydroxyl groups is 1. The largest absolute Gasteiger partial charge is 0.507 e. The van der Waals surface area contributed by atoms with Crippen LogP contribution in [0.3, 0.4) is 0 Å². The second kappa shape index (κ2) is 7.40. The van der Waals surface area contributed by atoms with Crippen molar-refractivity contribution in [2.45, 2.75) is 20.3 Å². The molecule has 1 amide bonds. The summed E-state index contributed by atoms with van der Waals surface area (Å²) < 4.78 is 16.2. The molecule has 0 spiro atoms.